The van der Waals surface area contributed by atoms with Crippen LogP contribution in [0.15, 0.2) is 47.5 Å². The van der Waals surface area contributed by atoms with Crippen LogP contribution in [0.1, 0.15) is 30.3 Å². The van der Waals surface area contributed by atoms with Gasteiger partial charge in [0.1, 0.15) is 11.4 Å². The second kappa shape index (κ2) is 8.32. The maximum Gasteiger partial charge on any atom is 0.243 e. The van der Waals surface area contributed by atoms with Gasteiger partial charge in [0, 0.05) is 37.4 Å². The molecule has 2 aliphatic rings. The first kappa shape index (κ1) is 21.3. The number of nitrogens with zero attached hydrogens (tertiary/aromatic N) is 4. The van der Waals surface area contributed by atoms with Gasteiger partial charge in [0.25, 0.3) is 0 Å². The maximum absolute atomic E-state index is 12.9. The van der Waals surface area contributed by atoms with Gasteiger partial charge in [-0.15, -0.1) is 0 Å². The summed E-state index contributed by atoms with van der Waals surface area (Å²) in [6.07, 6.45) is 2.38. The van der Waals surface area contributed by atoms with Crippen molar-refractivity contribution in [2.24, 2.45) is 0 Å². The molecular weight excluding hydrogens is 404 g/mol. The number of hydrogen-bond donors (Lipinski definition) is 2. The minimum absolute atomic E-state index is 0.110. The molecule has 4 rings (SSSR count). The van der Waals surface area contributed by atoms with E-state index in [2.05, 4.69) is 14.9 Å². The van der Waals surface area contributed by atoms with E-state index in [1.54, 1.807) is 24.4 Å². The molecule has 0 spiro atoms. The van der Waals surface area contributed by atoms with Crippen LogP contribution < -0.4 is 0 Å². The quantitative estimate of drug-likeness (QED) is 0.718. The molecule has 162 valence electrons. The van der Waals surface area contributed by atoms with Crippen molar-refractivity contribution in [3.8, 4) is 0 Å². The number of β-amino-alcohol motifs (C(OH)–C–C–N with tert-alkyl or cyclic N) is 2. The third-order valence-corrected chi connectivity index (χ3v) is 7.92. The lowest BCUT2D eigenvalue weighted by atomic mass is 9.93. The SMILES string of the molecule is Cc1ccnc(C2CCN(C[C@]3(O)CN(S(=O)(=O)c4ccccc4)C[C@H]3O)CC2)n1. The number of aromatic nitrogens is 2. The summed E-state index contributed by atoms with van der Waals surface area (Å²) in [5.41, 5.74) is -0.542. The number of sulfonamides is 1. The van der Waals surface area contributed by atoms with Gasteiger partial charge in [0.15, 0.2) is 0 Å². The molecular formula is C21H28N4O4S. The van der Waals surface area contributed by atoms with Crippen molar-refractivity contribution < 1.29 is 18.6 Å². The minimum atomic E-state index is -3.75. The highest BCUT2D eigenvalue weighted by Crippen LogP contribution is 2.31. The fraction of sp³-hybridized carbons (Fsp3) is 0.524. The Bertz CT molecular complexity index is 980. The number of benzene rings is 1. The Hall–Kier alpha value is -1.91. The molecule has 0 bridgehead atoms. The highest BCUT2D eigenvalue weighted by Gasteiger charge is 2.49. The van der Waals surface area contributed by atoms with Gasteiger partial charge in [0.05, 0.1) is 11.0 Å². The normalized spacial score (nSPS) is 26.8. The Kier molecular flexibility index (Phi) is 5.91. The first-order valence-corrected chi connectivity index (χ1v) is 11.7. The molecule has 2 saturated heterocycles. The van der Waals surface area contributed by atoms with Gasteiger partial charge in [-0.25, -0.2) is 18.4 Å². The molecule has 8 nitrogen and oxygen atoms in total. The van der Waals surface area contributed by atoms with E-state index in [1.807, 2.05) is 13.0 Å². The predicted molar refractivity (Wildman–Crippen MR) is 111 cm³/mol. The second-order valence-electron chi connectivity index (χ2n) is 8.34. The number of rotatable bonds is 5. The summed E-state index contributed by atoms with van der Waals surface area (Å²) >= 11 is 0. The number of hydrogen-bond acceptors (Lipinski definition) is 7. The Morgan fingerprint density at radius 3 is 2.53 bits per heavy atom. The first-order valence-electron chi connectivity index (χ1n) is 10.3. The third kappa shape index (κ3) is 4.26. The number of aryl methyl sites for hydroxylation is 1. The van der Waals surface area contributed by atoms with Crippen LogP contribution in [-0.4, -0.2) is 82.2 Å². The van der Waals surface area contributed by atoms with Crippen molar-refractivity contribution in [1.82, 2.24) is 19.2 Å². The van der Waals surface area contributed by atoms with Gasteiger partial charge < -0.3 is 15.1 Å². The van der Waals surface area contributed by atoms with Crippen molar-refractivity contribution >= 4 is 10.0 Å². The van der Waals surface area contributed by atoms with Crippen molar-refractivity contribution in [3.63, 3.8) is 0 Å². The van der Waals surface area contributed by atoms with Crippen LogP contribution in [0, 0.1) is 6.92 Å². The first-order chi connectivity index (χ1) is 14.3. The molecule has 3 heterocycles. The van der Waals surface area contributed by atoms with E-state index in [0.717, 1.165) is 37.4 Å². The fourth-order valence-corrected chi connectivity index (χ4v) is 5.85. The summed E-state index contributed by atoms with van der Waals surface area (Å²) in [5, 5.41) is 21.6. The summed E-state index contributed by atoms with van der Waals surface area (Å²) in [6, 6.07) is 10.0. The second-order valence-corrected chi connectivity index (χ2v) is 10.3. The lowest BCUT2D eigenvalue weighted by Gasteiger charge is -2.37. The molecule has 2 fully saturated rings. The van der Waals surface area contributed by atoms with Crippen LogP contribution >= 0.6 is 0 Å². The Morgan fingerprint density at radius 2 is 1.87 bits per heavy atom. The number of aliphatic hydroxyl groups is 2. The lowest BCUT2D eigenvalue weighted by molar-refractivity contribution is -0.0640. The van der Waals surface area contributed by atoms with Gasteiger partial charge >= 0.3 is 0 Å². The monoisotopic (exact) mass is 432 g/mol. The molecule has 30 heavy (non-hydrogen) atoms. The zero-order valence-electron chi connectivity index (χ0n) is 17.1. The standard InChI is InChI=1S/C21H28N4O4S/c1-16-7-10-22-20(23-16)17-8-11-24(12-9-17)14-21(27)15-25(13-19(21)26)30(28,29)18-5-3-2-4-6-18/h2-7,10,17,19,26-27H,8-9,11-15H2,1H3/t19-,21+/m1/s1. The fourth-order valence-electron chi connectivity index (χ4n) is 4.32. The topological polar surface area (TPSA) is 107 Å². The lowest BCUT2D eigenvalue weighted by Crippen LogP contribution is -2.53. The molecule has 0 unspecified atom stereocenters. The highest BCUT2D eigenvalue weighted by atomic mass is 32.2. The predicted octanol–water partition coefficient (Wildman–Crippen LogP) is 0.761. The number of aliphatic hydroxyl groups excluding tert-OH is 1. The van der Waals surface area contributed by atoms with Crippen molar-refractivity contribution in [1.29, 1.82) is 0 Å². The average molecular weight is 433 g/mol. The Labute approximate surface area is 177 Å². The summed E-state index contributed by atoms with van der Waals surface area (Å²) in [6.45, 7) is 3.43. The van der Waals surface area contributed by atoms with E-state index < -0.39 is 21.7 Å². The van der Waals surface area contributed by atoms with Gasteiger partial charge in [0.2, 0.25) is 10.0 Å². The van der Waals surface area contributed by atoms with Crippen LogP contribution in [0.25, 0.3) is 0 Å². The molecule has 0 aliphatic carbocycles. The minimum Gasteiger partial charge on any atom is -0.389 e. The summed E-state index contributed by atoms with van der Waals surface area (Å²) in [4.78, 5) is 11.2. The number of piperidine rings is 1. The summed E-state index contributed by atoms with van der Waals surface area (Å²) < 4.78 is 26.9. The smallest absolute Gasteiger partial charge is 0.243 e. The van der Waals surface area contributed by atoms with Crippen LogP contribution in [0.3, 0.4) is 0 Å². The third-order valence-electron chi connectivity index (χ3n) is 6.09. The van der Waals surface area contributed by atoms with E-state index in [1.165, 1.54) is 16.4 Å². The van der Waals surface area contributed by atoms with Crippen LogP contribution in [0.4, 0.5) is 0 Å². The summed E-state index contributed by atoms with van der Waals surface area (Å²) in [7, 11) is -3.75. The van der Waals surface area contributed by atoms with Gasteiger partial charge in [-0.05, 0) is 51.1 Å². The molecule has 1 aromatic heterocycles. The van der Waals surface area contributed by atoms with Crippen LogP contribution in [-0.2, 0) is 10.0 Å². The molecule has 2 aromatic rings. The molecule has 1 aromatic carbocycles. The van der Waals surface area contributed by atoms with E-state index in [-0.39, 0.29) is 30.4 Å². The number of likely N-dealkylation sites (tertiary alicyclic amines) is 1. The van der Waals surface area contributed by atoms with Crippen molar-refractivity contribution in [3.05, 3.63) is 54.1 Å². The molecule has 9 heteroatoms. The molecule has 0 saturated carbocycles. The van der Waals surface area contributed by atoms with E-state index in [0.29, 0.717) is 0 Å². The van der Waals surface area contributed by atoms with E-state index in [9.17, 15) is 18.6 Å². The Morgan fingerprint density at radius 1 is 1.17 bits per heavy atom. The molecule has 0 amide bonds. The van der Waals surface area contributed by atoms with Gasteiger partial charge in [-0.3, -0.25) is 0 Å². The molecule has 2 atom stereocenters. The Balaban J connectivity index is 1.39. The summed E-state index contributed by atoms with van der Waals surface area (Å²) in [5.74, 6) is 1.13. The van der Waals surface area contributed by atoms with Gasteiger partial charge in [-0.2, -0.15) is 4.31 Å². The molecule has 0 radical (unpaired) electrons. The highest BCUT2D eigenvalue weighted by molar-refractivity contribution is 7.89. The zero-order chi connectivity index (χ0) is 21.4. The van der Waals surface area contributed by atoms with E-state index >= 15 is 0 Å². The van der Waals surface area contributed by atoms with E-state index in [4.69, 9.17) is 0 Å². The zero-order valence-corrected chi connectivity index (χ0v) is 17.9. The van der Waals surface area contributed by atoms with Crippen molar-refractivity contribution in [2.75, 3.05) is 32.7 Å². The molecule has 2 N–H and O–H groups in total. The average Bonchev–Trinajstić information content (AvgIpc) is 3.04. The molecule has 2 aliphatic heterocycles. The van der Waals surface area contributed by atoms with Crippen LogP contribution in [0.2, 0.25) is 0 Å². The largest absolute Gasteiger partial charge is 0.389 e. The maximum atomic E-state index is 12.9. The van der Waals surface area contributed by atoms with Gasteiger partial charge in [-0.1, -0.05) is 18.2 Å². The van der Waals surface area contributed by atoms with Crippen molar-refractivity contribution in [2.45, 2.75) is 42.3 Å². The van der Waals surface area contributed by atoms with Crippen LogP contribution in [0.5, 0.6) is 0 Å².